The summed E-state index contributed by atoms with van der Waals surface area (Å²) >= 11 is 0. The molecule has 1 aliphatic heterocycles. The van der Waals surface area contributed by atoms with Crippen molar-refractivity contribution < 1.29 is 19.5 Å². The molecule has 1 aromatic carbocycles. The topological polar surface area (TPSA) is 74.7 Å². The minimum Gasteiger partial charge on any atom is -0.478 e. The van der Waals surface area contributed by atoms with Crippen LogP contribution in [0.25, 0.3) is 0 Å². The molecule has 1 aliphatic rings. The molecule has 0 aliphatic carbocycles. The van der Waals surface area contributed by atoms with E-state index in [0.29, 0.717) is 12.0 Å². The fraction of sp³-hybridized carbons (Fsp3) is 0.400. The second-order valence-electron chi connectivity index (χ2n) is 5.27. The molecule has 0 spiro atoms. The molecule has 0 aromatic heterocycles. The van der Waals surface area contributed by atoms with Crippen molar-refractivity contribution in [3.05, 3.63) is 34.9 Å². The Morgan fingerprint density at radius 2 is 1.80 bits per heavy atom. The SMILES string of the molecule is CCC(C(C)C)N1C(=O)c2ccc(C(=O)O)cc2C1=O. The van der Waals surface area contributed by atoms with E-state index >= 15 is 0 Å². The van der Waals surface area contributed by atoms with Crippen LogP contribution in [-0.4, -0.2) is 33.8 Å². The highest BCUT2D eigenvalue weighted by molar-refractivity contribution is 6.22. The molecule has 5 nitrogen and oxygen atoms in total. The molecule has 20 heavy (non-hydrogen) atoms. The Labute approximate surface area is 117 Å². The third-order valence-corrected chi connectivity index (χ3v) is 3.68. The lowest BCUT2D eigenvalue weighted by molar-refractivity contribution is 0.0535. The second-order valence-corrected chi connectivity index (χ2v) is 5.27. The first-order chi connectivity index (χ1) is 9.38. The molecule has 2 rings (SSSR count). The number of carbonyl (C=O) groups excluding carboxylic acids is 2. The molecule has 0 saturated carbocycles. The standard InChI is InChI=1S/C15H17NO4/c1-4-12(8(2)3)16-13(17)10-6-5-9(15(19)20)7-11(10)14(16)18/h5-8,12H,4H2,1-3H3,(H,19,20). The van der Waals surface area contributed by atoms with Crippen LogP contribution in [-0.2, 0) is 0 Å². The summed E-state index contributed by atoms with van der Waals surface area (Å²) in [7, 11) is 0. The molecule has 0 bridgehead atoms. The Bertz CT molecular complexity index is 592. The number of rotatable bonds is 4. The van der Waals surface area contributed by atoms with Gasteiger partial charge in [0.25, 0.3) is 11.8 Å². The monoisotopic (exact) mass is 275 g/mol. The van der Waals surface area contributed by atoms with Crippen LogP contribution in [0.3, 0.4) is 0 Å². The minimum absolute atomic E-state index is 0.0179. The lowest BCUT2D eigenvalue weighted by Crippen LogP contribution is -2.42. The van der Waals surface area contributed by atoms with E-state index in [4.69, 9.17) is 5.11 Å². The van der Waals surface area contributed by atoms with E-state index < -0.39 is 11.9 Å². The quantitative estimate of drug-likeness (QED) is 0.856. The maximum absolute atomic E-state index is 12.4. The zero-order valence-electron chi connectivity index (χ0n) is 11.7. The van der Waals surface area contributed by atoms with Gasteiger partial charge in [-0.2, -0.15) is 0 Å². The normalized spacial score (nSPS) is 15.7. The van der Waals surface area contributed by atoms with E-state index in [0.717, 1.165) is 0 Å². The fourth-order valence-electron chi connectivity index (χ4n) is 2.65. The third-order valence-electron chi connectivity index (χ3n) is 3.68. The first-order valence-corrected chi connectivity index (χ1v) is 6.63. The average molecular weight is 275 g/mol. The number of aromatic carboxylic acids is 1. The molecule has 0 radical (unpaired) electrons. The number of imide groups is 1. The Hall–Kier alpha value is -2.17. The predicted octanol–water partition coefficient (Wildman–Crippen LogP) is 2.42. The van der Waals surface area contributed by atoms with Crippen LogP contribution in [0.2, 0.25) is 0 Å². The lowest BCUT2D eigenvalue weighted by Gasteiger charge is -2.28. The van der Waals surface area contributed by atoms with Gasteiger partial charge in [-0.3, -0.25) is 14.5 Å². The smallest absolute Gasteiger partial charge is 0.335 e. The van der Waals surface area contributed by atoms with Crippen molar-refractivity contribution in [3.8, 4) is 0 Å². The number of fused-ring (bicyclic) bond motifs is 1. The number of hydrogen-bond acceptors (Lipinski definition) is 3. The summed E-state index contributed by atoms with van der Waals surface area (Å²) in [6.45, 7) is 5.84. The molecular weight excluding hydrogens is 258 g/mol. The maximum Gasteiger partial charge on any atom is 0.335 e. The first-order valence-electron chi connectivity index (χ1n) is 6.63. The lowest BCUT2D eigenvalue weighted by atomic mass is 10.00. The highest BCUT2D eigenvalue weighted by Gasteiger charge is 2.40. The Kier molecular flexibility index (Phi) is 3.61. The van der Waals surface area contributed by atoms with Gasteiger partial charge in [0.15, 0.2) is 0 Å². The molecule has 1 unspecified atom stereocenters. The Morgan fingerprint density at radius 3 is 2.30 bits per heavy atom. The van der Waals surface area contributed by atoms with Crippen molar-refractivity contribution in [1.82, 2.24) is 4.90 Å². The summed E-state index contributed by atoms with van der Waals surface area (Å²) in [6.07, 6.45) is 0.676. The molecule has 0 saturated heterocycles. The number of carbonyl (C=O) groups is 3. The van der Waals surface area contributed by atoms with Crippen LogP contribution < -0.4 is 0 Å². The van der Waals surface area contributed by atoms with Crippen LogP contribution in [0.4, 0.5) is 0 Å². The van der Waals surface area contributed by atoms with E-state index in [1.807, 2.05) is 20.8 Å². The average Bonchev–Trinajstić information content (AvgIpc) is 2.64. The highest BCUT2D eigenvalue weighted by Crippen LogP contribution is 2.29. The number of hydrogen-bond donors (Lipinski definition) is 1. The van der Waals surface area contributed by atoms with Gasteiger partial charge in [0, 0.05) is 6.04 Å². The zero-order valence-corrected chi connectivity index (χ0v) is 11.7. The van der Waals surface area contributed by atoms with Crippen LogP contribution in [0.15, 0.2) is 18.2 Å². The molecule has 5 heteroatoms. The van der Waals surface area contributed by atoms with Gasteiger partial charge < -0.3 is 5.11 Å². The zero-order chi connectivity index (χ0) is 15.0. The number of benzene rings is 1. The molecular formula is C15H17NO4. The van der Waals surface area contributed by atoms with Crippen molar-refractivity contribution in [3.63, 3.8) is 0 Å². The van der Waals surface area contributed by atoms with E-state index in [1.54, 1.807) is 0 Å². The molecule has 106 valence electrons. The number of carboxylic acids is 1. The number of amides is 2. The summed E-state index contributed by atoms with van der Waals surface area (Å²) in [5.41, 5.74) is 0.498. The molecule has 0 fully saturated rings. The van der Waals surface area contributed by atoms with E-state index in [1.165, 1.54) is 23.1 Å². The van der Waals surface area contributed by atoms with Crippen LogP contribution in [0.1, 0.15) is 58.3 Å². The molecule has 1 aromatic rings. The first kappa shape index (κ1) is 14.2. The number of nitrogens with zero attached hydrogens (tertiary/aromatic N) is 1. The summed E-state index contributed by atoms with van der Waals surface area (Å²) in [5.74, 6) is -1.68. The van der Waals surface area contributed by atoms with Gasteiger partial charge in [0.1, 0.15) is 0 Å². The molecule has 1 heterocycles. The van der Waals surface area contributed by atoms with Gasteiger partial charge >= 0.3 is 5.97 Å². The molecule has 1 N–H and O–H groups in total. The van der Waals surface area contributed by atoms with Gasteiger partial charge in [-0.1, -0.05) is 20.8 Å². The summed E-state index contributed by atoms with van der Waals surface area (Å²) < 4.78 is 0. The van der Waals surface area contributed by atoms with E-state index in [-0.39, 0.29) is 29.0 Å². The maximum atomic E-state index is 12.4. The van der Waals surface area contributed by atoms with Gasteiger partial charge in [0.05, 0.1) is 16.7 Å². The summed E-state index contributed by atoms with van der Waals surface area (Å²) in [6, 6.07) is 3.89. The van der Waals surface area contributed by atoms with Crippen molar-refractivity contribution in [2.45, 2.75) is 33.2 Å². The van der Waals surface area contributed by atoms with Gasteiger partial charge in [-0.05, 0) is 30.5 Å². The highest BCUT2D eigenvalue weighted by atomic mass is 16.4. The van der Waals surface area contributed by atoms with Gasteiger partial charge in [-0.25, -0.2) is 4.79 Å². The second kappa shape index (κ2) is 5.07. The molecule has 2 amide bonds. The van der Waals surface area contributed by atoms with Crippen molar-refractivity contribution >= 4 is 17.8 Å². The summed E-state index contributed by atoms with van der Waals surface area (Å²) in [5, 5.41) is 8.97. The largest absolute Gasteiger partial charge is 0.478 e. The summed E-state index contributed by atoms with van der Waals surface area (Å²) in [4.78, 5) is 37.0. The third kappa shape index (κ3) is 2.09. The van der Waals surface area contributed by atoms with Crippen molar-refractivity contribution in [2.24, 2.45) is 5.92 Å². The van der Waals surface area contributed by atoms with E-state index in [2.05, 4.69) is 0 Å². The van der Waals surface area contributed by atoms with Gasteiger partial charge in [-0.15, -0.1) is 0 Å². The van der Waals surface area contributed by atoms with Crippen LogP contribution in [0.5, 0.6) is 0 Å². The Balaban J connectivity index is 2.47. The van der Waals surface area contributed by atoms with Crippen molar-refractivity contribution in [2.75, 3.05) is 0 Å². The number of carboxylic acid groups (broad SMARTS) is 1. The molecule has 1 atom stereocenters. The predicted molar refractivity (Wildman–Crippen MR) is 72.8 cm³/mol. The van der Waals surface area contributed by atoms with Crippen LogP contribution in [0, 0.1) is 5.92 Å². The Morgan fingerprint density at radius 1 is 1.20 bits per heavy atom. The minimum atomic E-state index is -1.11. The van der Waals surface area contributed by atoms with Crippen LogP contribution >= 0.6 is 0 Å². The van der Waals surface area contributed by atoms with Gasteiger partial charge in [0.2, 0.25) is 0 Å². The van der Waals surface area contributed by atoms with Crippen molar-refractivity contribution in [1.29, 1.82) is 0 Å². The van der Waals surface area contributed by atoms with E-state index in [9.17, 15) is 14.4 Å². The fourth-order valence-corrected chi connectivity index (χ4v) is 2.65.